The average molecular weight is 254 g/mol. The van der Waals surface area contributed by atoms with Gasteiger partial charge in [-0.15, -0.1) is 0 Å². The molecule has 0 heterocycles. The van der Waals surface area contributed by atoms with Crippen molar-refractivity contribution in [1.29, 1.82) is 0 Å². The highest BCUT2D eigenvalue weighted by Gasteiger charge is 2.20. The number of nitrogens with two attached hydrogens (primary N) is 1. The van der Waals surface area contributed by atoms with E-state index in [0.29, 0.717) is 0 Å². The molecule has 3 rings (SSSR count). The minimum atomic E-state index is -0.617. The summed E-state index contributed by atoms with van der Waals surface area (Å²) in [5.41, 5.74) is 8.02. The molecule has 0 unspecified atom stereocenters. The summed E-state index contributed by atoms with van der Waals surface area (Å²) in [5, 5.41) is 0. The molecule has 0 saturated heterocycles. The number of nitrogens with one attached hydrogen (secondary N) is 1. The Morgan fingerprint density at radius 1 is 1.16 bits per heavy atom. The van der Waals surface area contributed by atoms with E-state index in [1.807, 2.05) is 29.7 Å². The molecule has 4 nitrogen and oxygen atoms in total. The topological polar surface area (TPSA) is 64.3 Å². The number of carbonyl (C=O) groups is 1. The summed E-state index contributed by atoms with van der Waals surface area (Å²) in [6.45, 7) is 0.236. The normalized spacial score (nSPS) is 11.6. The van der Waals surface area contributed by atoms with Crippen molar-refractivity contribution in [3.63, 3.8) is 0 Å². The number of benzene rings is 2. The molecule has 0 saturated carbocycles. The lowest BCUT2D eigenvalue weighted by Gasteiger charge is -2.09. The lowest BCUT2D eigenvalue weighted by atomic mass is 10.0. The summed E-state index contributed by atoms with van der Waals surface area (Å²) >= 11 is 0. The Balaban J connectivity index is 1.92. The summed E-state index contributed by atoms with van der Waals surface area (Å²) in [7, 11) is 0. The third-order valence-corrected chi connectivity index (χ3v) is 3.42. The number of fused-ring (bicyclic) bond motifs is 3. The number of rotatable bonds is 2. The van der Waals surface area contributed by atoms with Gasteiger partial charge in [0, 0.05) is 0 Å². The molecule has 2 aromatic carbocycles. The third-order valence-electron chi connectivity index (χ3n) is 3.42. The van der Waals surface area contributed by atoms with E-state index in [2.05, 4.69) is 18.2 Å². The quantitative estimate of drug-likeness (QED) is 0.419. The molecule has 0 atom stereocenters. The average Bonchev–Trinajstić information content (AvgIpc) is 2.84. The van der Waals surface area contributed by atoms with Crippen LogP contribution >= 0.6 is 0 Å². The van der Waals surface area contributed by atoms with Crippen LogP contribution in [0, 0.1) is 0 Å². The van der Waals surface area contributed by atoms with E-state index in [1.165, 1.54) is 22.3 Å². The molecule has 2 aromatic rings. The van der Waals surface area contributed by atoms with Gasteiger partial charge >= 0.3 is 6.09 Å². The van der Waals surface area contributed by atoms with Gasteiger partial charge in [-0.2, -0.15) is 0 Å². The number of hydrogen-bond acceptors (Lipinski definition) is 3. The molecule has 1 aliphatic rings. The van der Waals surface area contributed by atoms with Crippen molar-refractivity contribution in [3.8, 4) is 11.1 Å². The molecule has 0 spiro atoms. The van der Waals surface area contributed by atoms with Gasteiger partial charge in [-0.05, 0) is 34.2 Å². The van der Waals surface area contributed by atoms with Crippen LogP contribution in [-0.4, -0.2) is 6.09 Å². The monoisotopic (exact) mass is 254 g/mol. The van der Waals surface area contributed by atoms with E-state index in [-0.39, 0.29) is 6.61 Å². The van der Waals surface area contributed by atoms with Crippen LogP contribution in [0.2, 0.25) is 0 Å². The lowest BCUT2D eigenvalue weighted by molar-refractivity contribution is 0.139. The van der Waals surface area contributed by atoms with E-state index in [0.717, 1.165) is 12.0 Å². The maximum atomic E-state index is 11.0. The van der Waals surface area contributed by atoms with Crippen molar-refractivity contribution < 1.29 is 9.53 Å². The molecule has 0 fully saturated rings. The van der Waals surface area contributed by atoms with Crippen LogP contribution in [0.4, 0.5) is 4.79 Å². The zero-order valence-corrected chi connectivity index (χ0v) is 10.3. The molecular weight excluding hydrogens is 240 g/mol. The molecule has 1 amide bonds. The second kappa shape index (κ2) is 4.74. The Labute approximate surface area is 111 Å². The van der Waals surface area contributed by atoms with Crippen LogP contribution in [-0.2, 0) is 17.8 Å². The predicted octanol–water partition coefficient (Wildman–Crippen LogP) is 2.36. The Kier molecular flexibility index (Phi) is 2.93. The highest BCUT2D eigenvalue weighted by Crippen LogP contribution is 2.38. The van der Waals surface area contributed by atoms with Gasteiger partial charge < -0.3 is 4.74 Å². The minimum Gasteiger partial charge on any atom is -0.444 e. The summed E-state index contributed by atoms with van der Waals surface area (Å²) in [6.07, 6.45) is 0.267. The Hall–Kier alpha value is -2.33. The Morgan fingerprint density at radius 3 is 2.79 bits per heavy atom. The first-order valence-corrected chi connectivity index (χ1v) is 6.12. The zero-order valence-electron chi connectivity index (χ0n) is 10.3. The van der Waals surface area contributed by atoms with Crippen molar-refractivity contribution in [2.75, 3.05) is 0 Å². The summed E-state index contributed by atoms with van der Waals surface area (Å²) < 4.78 is 5.03. The van der Waals surface area contributed by atoms with Gasteiger partial charge in [0.15, 0.2) is 0 Å². The fourth-order valence-electron chi connectivity index (χ4n) is 2.54. The fraction of sp³-hybridized carbons (Fsp3) is 0.133. The number of amides is 1. The molecule has 19 heavy (non-hydrogen) atoms. The van der Waals surface area contributed by atoms with E-state index >= 15 is 0 Å². The van der Waals surface area contributed by atoms with Gasteiger partial charge in [0.25, 0.3) is 0 Å². The van der Waals surface area contributed by atoms with E-state index in [9.17, 15) is 4.79 Å². The fourth-order valence-corrected chi connectivity index (χ4v) is 2.54. The number of carbonyl (C=O) groups excluding carboxylic acids is 1. The smallest absolute Gasteiger partial charge is 0.421 e. The molecule has 0 radical (unpaired) electrons. The van der Waals surface area contributed by atoms with Gasteiger partial charge in [0.1, 0.15) is 6.61 Å². The zero-order chi connectivity index (χ0) is 13.2. The van der Waals surface area contributed by atoms with E-state index in [1.54, 1.807) is 0 Å². The van der Waals surface area contributed by atoms with Gasteiger partial charge in [-0.1, -0.05) is 42.5 Å². The predicted molar refractivity (Wildman–Crippen MR) is 72.2 cm³/mol. The Morgan fingerprint density at radius 2 is 1.95 bits per heavy atom. The van der Waals surface area contributed by atoms with Gasteiger partial charge in [0.2, 0.25) is 0 Å². The van der Waals surface area contributed by atoms with Crippen LogP contribution in [0.3, 0.4) is 0 Å². The van der Waals surface area contributed by atoms with Crippen LogP contribution in [0.1, 0.15) is 16.7 Å². The third kappa shape index (κ3) is 2.06. The molecule has 0 aliphatic heterocycles. The molecule has 1 aliphatic carbocycles. The maximum Gasteiger partial charge on any atom is 0.421 e. The number of ether oxygens (including phenoxy) is 1. The van der Waals surface area contributed by atoms with E-state index in [4.69, 9.17) is 10.6 Å². The Bertz CT molecular complexity index is 638. The van der Waals surface area contributed by atoms with Gasteiger partial charge in [-0.25, -0.2) is 10.6 Å². The molecule has 96 valence electrons. The standard InChI is InChI=1S/C15H14N2O2/c16-17-15(18)19-9-11-5-3-7-13-12-6-2-1-4-10(12)8-14(11)13/h1-7H,8-9,16H2,(H,17,18). The van der Waals surface area contributed by atoms with Crippen LogP contribution < -0.4 is 11.3 Å². The molecule has 0 bridgehead atoms. The van der Waals surface area contributed by atoms with Crippen molar-refractivity contribution in [2.24, 2.45) is 5.84 Å². The minimum absolute atomic E-state index is 0.236. The first-order valence-electron chi connectivity index (χ1n) is 6.12. The van der Waals surface area contributed by atoms with Crippen LogP contribution in [0.5, 0.6) is 0 Å². The second-order valence-electron chi connectivity index (χ2n) is 4.50. The van der Waals surface area contributed by atoms with Crippen LogP contribution in [0.25, 0.3) is 11.1 Å². The van der Waals surface area contributed by atoms with Crippen molar-refractivity contribution in [2.45, 2.75) is 13.0 Å². The number of hydrazine groups is 1. The summed E-state index contributed by atoms with van der Waals surface area (Å²) in [4.78, 5) is 11.0. The molecule has 0 aromatic heterocycles. The molecule has 3 N–H and O–H groups in total. The summed E-state index contributed by atoms with van der Waals surface area (Å²) in [6, 6.07) is 14.4. The number of hydrogen-bond donors (Lipinski definition) is 2. The van der Waals surface area contributed by atoms with Gasteiger partial charge in [-0.3, -0.25) is 5.43 Å². The van der Waals surface area contributed by atoms with Crippen molar-refractivity contribution in [1.82, 2.24) is 5.43 Å². The second-order valence-corrected chi connectivity index (χ2v) is 4.50. The molecule has 4 heteroatoms. The summed E-state index contributed by atoms with van der Waals surface area (Å²) in [5.74, 6) is 4.99. The highest BCUT2D eigenvalue weighted by atomic mass is 16.5. The first-order chi connectivity index (χ1) is 9.29. The SMILES string of the molecule is NNC(=O)OCc1cccc2c1Cc1ccccc1-2. The highest BCUT2D eigenvalue weighted by molar-refractivity contribution is 5.78. The maximum absolute atomic E-state index is 11.0. The lowest BCUT2D eigenvalue weighted by Crippen LogP contribution is -2.30. The molecular formula is C15H14N2O2. The largest absolute Gasteiger partial charge is 0.444 e. The van der Waals surface area contributed by atoms with Crippen LogP contribution in [0.15, 0.2) is 42.5 Å². The van der Waals surface area contributed by atoms with E-state index < -0.39 is 6.09 Å². The van der Waals surface area contributed by atoms with Crippen molar-refractivity contribution in [3.05, 3.63) is 59.2 Å². The van der Waals surface area contributed by atoms with Crippen molar-refractivity contribution >= 4 is 6.09 Å². The van der Waals surface area contributed by atoms with Gasteiger partial charge in [0.05, 0.1) is 0 Å². The first kappa shape index (κ1) is 11.7.